The molecule has 8 nitrogen and oxygen atoms in total. The Labute approximate surface area is 264 Å². The van der Waals surface area contributed by atoms with Crippen LogP contribution in [0.3, 0.4) is 0 Å². The number of allylic oxidation sites excluding steroid dienone is 2. The van der Waals surface area contributed by atoms with Gasteiger partial charge in [0.2, 0.25) is 5.91 Å². The van der Waals surface area contributed by atoms with Crippen molar-refractivity contribution in [2.45, 2.75) is 76.8 Å². The van der Waals surface area contributed by atoms with E-state index in [1.54, 1.807) is 18.2 Å². The number of carbonyl (C=O) groups is 3. The fourth-order valence-corrected chi connectivity index (χ4v) is 7.57. The molecule has 2 aromatic rings. The number of ether oxygens (including phenoxy) is 1. The summed E-state index contributed by atoms with van der Waals surface area (Å²) in [6.07, 6.45) is 0.901. The maximum atomic E-state index is 14.3. The highest BCUT2D eigenvalue weighted by atomic mass is 35.5. The zero-order valence-corrected chi connectivity index (χ0v) is 25.8. The number of hydrogen-bond acceptors (Lipinski definition) is 5. The second kappa shape index (κ2) is 12.5. The lowest BCUT2D eigenvalue weighted by molar-refractivity contribution is -0.142. The molecule has 2 saturated heterocycles. The van der Waals surface area contributed by atoms with Gasteiger partial charge in [-0.25, -0.2) is 0 Å². The molecule has 4 aliphatic rings. The molecule has 0 radical (unpaired) electrons. The smallest absolute Gasteiger partial charge is 0.389 e. The summed E-state index contributed by atoms with van der Waals surface area (Å²) >= 11 is 6.58. The van der Waals surface area contributed by atoms with Gasteiger partial charge in [-0.15, -0.1) is 0 Å². The van der Waals surface area contributed by atoms with Gasteiger partial charge in [0.15, 0.2) is 0 Å². The van der Waals surface area contributed by atoms with E-state index in [4.69, 9.17) is 21.4 Å². The molecular weight excluding hydrogens is 611 g/mol. The zero-order valence-electron chi connectivity index (χ0n) is 25.0. The SMILES string of the molecule is O=C(O)[C@@H]1CC=C(c2nn(C(=O)c3c(Cl)cccc3CCCCC(F)(F)F)c3c2CC[C@@H](C(=O)N2CCC4(COC4)C2)C3)CC1. The minimum Gasteiger partial charge on any atom is -0.481 e. The number of nitrogens with zero attached hydrogens (tertiary/aromatic N) is 3. The van der Waals surface area contributed by atoms with Crippen LogP contribution in [0.1, 0.15) is 84.2 Å². The molecule has 2 atom stereocenters. The lowest BCUT2D eigenvalue weighted by Crippen LogP contribution is -2.46. The van der Waals surface area contributed by atoms with Crippen LogP contribution in [-0.2, 0) is 33.6 Å². The van der Waals surface area contributed by atoms with Crippen molar-refractivity contribution in [2.75, 3.05) is 26.3 Å². The fourth-order valence-electron chi connectivity index (χ4n) is 7.29. The van der Waals surface area contributed by atoms with Crippen LogP contribution in [-0.4, -0.2) is 70.1 Å². The van der Waals surface area contributed by atoms with E-state index in [0.717, 1.165) is 17.6 Å². The number of aromatic nitrogens is 2. The molecule has 1 amide bonds. The van der Waals surface area contributed by atoms with E-state index in [2.05, 4.69) is 0 Å². The summed E-state index contributed by atoms with van der Waals surface area (Å²) in [7, 11) is 0. The number of aliphatic carboxylic acids is 1. The molecule has 1 aromatic heterocycles. The van der Waals surface area contributed by atoms with Crippen molar-refractivity contribution < 1.29 is 37.4 Å². The molecule has 3 heterocycles. The van der Waals surface area contributed by atoms with Gasteiger partial charge >= 0.3 is 12.1 Å². The minimum absolute atomic E-state index is 0.0578. The minimum atomic E-state index is -4.24. The molecule has 1 N–H and O–H groups in total. The van der Waals surface area contributed by atoms with Crippen LogP contribution < -0.4 is 0 Å². The molecule has 1 aromatic carbocycles. The highest BCUT2D eigenvalue weighted by molar-refractivity contribution is 6.34. The second-order valence-corrected chi connectivity index (χ2v) is 13.5. The Hall–Kier alpha value is -3.18. The van der Waals surface area contributed by atoms with Crippen molar-refractivity contribution in [3.8, 4) is 0 Å². The van der Waals surface area contributed by atoms with Crippen LogP contribution >= 0.6 is 11.6 Å². The third-order valence-corrected chi connectivity index (χ3v) is 10.2. The number of amides is 1. The highest BCUT2D eigenvalue weighted by Gasteiger charge is 2.47. The number of hydrogen-bond donors (Lipinski definition) is 1. The molecular formula is C33H37ClF3N3O5. The Balaban J connectivity index is 1.31. The topological polar surface area (TPSA) is 102 Å². The zero-order chi connectivity index (χ0) is 31.9. The number of benzene rings is 1. The van der Waals surface area contributed by atoms with Crippen LogP contribution in [0.4, 0.5) is 13.2 Å². The first-order valence-corrected chi connectivity index (χ1v) is 16.1. The van der Waals surface area contributed by atoms with Gasteiger partial charge in [0.1, 0.15) is 0 Å². The number of rotatable bonds is 8. The van der Waals surface area contributed by atoms with E-state index < -0.39 is 30.4 Å². The van der Waals surface area contributed by atoms with E-state index in [9.17, 15) is 32.7 Å². The monoisotopic (exact) mass is 647 g/mol. The summed E-state index contributed by atoms with van der Waals surface area (Å²) in [5.74, 6) is -2.05. The lowest BCUT2D eigenvalue weighted by Gasteiger charge is -2.38. The Morgan fingerprint density at radius 2 is 1.89 bits per heavy atom. The van der Waals surface area contributed by atoms with Crippen LogP contribution in [0, 0.1) is 17.3 Å². The predicted molar refractivity (Wildman–Crippen MR) is 160 cm³/mol. The number of alkyl halides is 3. The molecule has 0 bridgehead atoms. The van der Waals surface area contributed by atoms with Crippen molar-refractivity contribution in [1.82, 2.24) is 14.7 Å². The first-order valence-electron chi connectivity index (χ1n) is 15.7. The molecule has 12 heteroatoms. The molecule has 2 fully saturated rings. The number of carboxylic acids is 1. The van der Waals surface area contributed by atoms with Gasteiger partial charge in [-0.2, -0.15) is 23.0 Å². The van der Waals surface area contributed by atoms with E-state index in [1.165, 1.54) is 4.68 Å². The summed E-state index contributed by atoms with van der Waals surface area (Å²) in [5, 5.41) is 14.5. The standard InChI is InChI=1S/C33H37ClF3N3O5/c34-25-6-3-5-20(4-1-2-13-33(35,36)37)27(25)30(42)40-26-16-23(29(41)39-15-14-32(17-39)18-45-19-32)11-12-24(26)28(38-40)21-7-9-22(10-8-21)31(43)44/h3,5-7,22-23H,1-2,4,8-19H2,(H,43,44)/t22-,23-/m1/s1. The summed E-state index contributed by atoms with van der Waals surface area (Å²) in [4.78, 5) is 41.5. The molecule has 1 spiro atoms. The number of carbonyl (C=O) groups excluding carboxylic acids is 2. The van der Waals surface area contributed by atoms with Gasteiger partial charge in [0.25, 0.3) is 5.91 Å². The Kier molecular flexibility index (Phi) is 8.86. The predicted octanol–water partition coefficient (Wildman–Crippen LogP) is 6.12. The van der Waals surface area contributed by atoms with Gasteiger partial charge in [0.05, 0.1) is 41.1 Å². The molecule has 45 heavy (non-hydrogen) atoms. The quantitative estimate of drug-likeness (QED) is 0.347. The van der Waals surface area contributed by atoms with E-state index >= 15 is 0 Å². The van der Waals surface area contributed by atoms with Crippen molar-refractivity contribution in [3.05, 3.63) is 57.4 Å². The number of fused-ring (bicyclic) bond motifs is 1. The van der Waals surface area contributed by atoms with E-state index in [0.29, 0.717) is 81.8 Å². The van der Waals surface area contributed by atoms with Crippen molar-refractivity contribution in [3.63, 3.8) is 0 Å². The molecule has 2 aliphatic carbocycles. The fraction of sp³-hybridized carbons (Fsp3) is 0.576. The average molecular weight is 648 g/mol. The largest absolute Gasteiger partial charge is 0.481 e. The first kappa shape index (κ1) is 31.8. The third-order valence-electron chi connectivity index (χ3n) is 9.91. The van der Waals surface area contributed by atoms with Crippen molar-refractivity contribution in [1.29, 1.82) is 0 Å². The summed E-state index contributed by atoms with van der Waals surface area (Å²) in [6, 6.07) is 4.97. The van der Waals surface area contributed by atoms with E-state index in [1.807, 2.05) is 11.0 Å². The van der Waals surface area contributed by atoms with Gasteiger partial charge < -0.3 is 14.7 Å². The highest BCUT2D eigenvalue weighted by Crippen LogP contribution is 2.41. The lowest BCUT2D eigenvalue weighted by atomic mass is 9.82. The van der Waals surface area contributed by atoms with Gasteiger partial charge in [0, 0.05) is 42.8 Å². The summed E-state index contributed by atoms with van der Waals surface area (Å²) < 4.78 is 45.0. The number of unbranched alkanes of at least 4 members (excludes halogenated alkanes) is 1. The normalized spacial score (nSPS) is 22.6. The Bertz CT molecular complexity index is 1530. The van der Waals surface area contributed by atoms with Gasteiger partial charge in [-0.05, 0) is 75.0 Å². The Morgan fingerprint density at radius 1 is 1.11 bits per heavy atom. The van der Waals surface area contributed by atoms with E-state index in [-0.39, 0.29) is 47.1 Å². The molecule has 0 unspecified atom stereocenters. The summed E-state index contributed by atoms with van der Waals surface area (Å²) in [5.41, 5.74) is 3.88. The molecule has 0 saturated carbocycles. The van der Waals surface area contributed by atoms with Crippen molar-refractivity contribution >= 4 is 35.0 Å². The number of aryl methyl sites for hydroxylation is 1. The number of likely N-dealkylation sites (tertiary alicyclic amines) is 1. The molecule has 6 rings (SSSR count). The van der Waals surface area contributed by atoms with Crippen LogP contribution in [0.5, 0.6) is 0 Å². The van der Waals surface area contributed by atoms with Crippen molar-refractivity contribution in [2.24, 2.45) is 17.3 Å². The second-order valence-electron chi connectivity index (χ2n) is 13.1. The van der Waals surface area contributed by atoms with Crippen LogP contribution in [0.2, 0.25) is 5.02 Å². The van der Waals surface area contributed by atoms with Crippen LogP contribution in [0.15, 0.2) is 24.3 Å². The third kappa shape index (κ3) is 6.56. The Morgan fingerprint density at radius 3 is 2.53 bits per heavy atom. The maximum Gasteiger partial charge on any atom is 0.389 e. The van der Waals surface area contributed by atoms with Gasteiger partial charge in [-0.1, -0.05) is 29.8 Å². The maximum absolute atomic E-state index is 14.3. The molecule has 242 valence electrons. The summed E-state index contributed by atoms with van der Waals surface area (Å²) in [6.45, 7) is 2.70. The average Bonchev–Trinajstić information content (AvgIpc) is 3.61. The number of carboxylic acid groups (broad SMARTS) is 1. The molecule has 2 aliphatic heterocycles. The van der Waals surface area contributed by atoms with Crippen LogP contribution in [0.25, 0.3) is 5.57 Å². The number of halogens is 4. The first-order chi connectivity index (χ1) is 21.4. The van der Waals surface area contributed by atoms with Gasteiger partial charge in [-0.3, -0.25) is 14.4 Å².